The van der Waals surface area contributed by atoms with E-state index in [9.17, 15) is 18.5 Å². The third-order valence-corrected chi connectivity index (χ3v) is 6.95. The van der Waals surface area contributed by atoms with E-state index in [0.29, 0.717) is 11.8 Å². The molecule has 2 aromatic rings. The van der Waals surface area contributed by atoms with Gasteiger partial charge in [-0.2, -0.15) is 5.26 Å². The summed E-state index contributed by atoms with van der Waals surface area (Å²) in [5.74, 6) is -0.632. The summed E-state index contributed by atoms with van der Waals surface area (Å²) >= 11 is 0. The first-order valence-electron chi connectivity index (χ1n) is 7.61. The second kappa shape index (κ2) is 5.57. The zero-order valence-electron chi connectivity index (χ0n) is 13.4. The van der Waals surface area contributed by atoms with Gasteiger partial charge in [-0.05, 0) is 31.5 Å². The van der Waals surface area contributed by atoms with Gasteiger partial charge in [0.05, 0.1) is 11.0 Å². The van der Waals surface area contributed by atoms with Crippen molar-refractivity contribution in [2.75, 3.05) is 0 Å². The number of benzene rings is 2. The maximum atomic E-state index is 13.0. The van der Waals surface area contributed by atoms with Crippen LogP contribution < -0.4 is 0 Å². The molecular weight excluding hydrogens is 322 g/mol. The van der Waals surface area contributed by atoms with Crippen molar-refractivity contribution in [3.63, 3.8) is 0 Å². The number of aryl methyl sites for hydroxylation is 2. The third-order valence-electron chi connectivity index (χ3n) is 4.69. The first kappa shape index (κ1) is 16.4. The van der Waals surface area contributed by atoms with E-state index < -0.39 is 26.4 Å². The first-order chi connectivity index (χ1) is 11.4. The molecule has 0 heterocycles. The molecule has 0 aliphatic heterocycles. The molecule has 1 fully saturated rings. The Hall–Kier alpha value is -2.45. The van der Waals surface area contributed by atoms with E-state index in [1.165, 1.54) is 12.1 Å². The molecule has 3 rings (SSSR count). The van der Waals surface area contributed by atoms with Crippen LogP contribution in [0.1, 0.15) is 22.6 Å². The molecule has 122 valence electrons. The van der Waals surface area contributed by atoms with Crippen molar-refractivity contribution in [1.82, 2.24) is 0 Å². The number of carbonyl (C=O) groups is 1. The molecule has 0 amide bonds. The predicted octanol–water partition coefficient (Wildman–Crippen LogP) is 2.95. The average Bonchev–Trinajstić information content (AvgIpc) is 3.26. The monoisotopic (exact) mass is 339 g/mol. The fourth-order valence-corrected chi connectivity index (χ4v) is 5.45. The summed E-state index contributed by atoms with van der Waals surface area (Å²) in [6.45, 7) is 3.79. The van der Waals surface area contributed by atoms with Crippen LogP contribution >= 0.6 is 0 Å². The van der Waals surface area contributed by atoms with Gasteiger partial charge in [0.25, 0.3) is 0 Å². The maximum Gasteiger partial charge on any atom is 0.183 e. The van der Waals surface area contributed by atoms with E-state index in [1.807, 2.05) is 32.0 Å². The summed E-state index contributed by atoms with van der Waals surface area (Å²) in [7, 11) is -3.78. The molecule has 0 bridgehead atoms. The van der Waals surface area contributed by atoms with Crippen LogP contribution in [0.4, 0.5) is 0 Å². The van der Waals surface area contributed by atoms with E-state index in [0.717, 1.165) is 11.1 Å². The quantitative estimate of drug-likeness (QED) is 0.803. The molecule has 0 aromatic heterocycles. The van der Waals surface area contributed by atoms with Crippen molar-refractivity contribution < 1.29 is 13.2 Å². The second-order valence-corrected chi connectivity index (χ2v) is 8.40. The van der Waals surface area contributed by atoms with Crippen molar-refractivity contribution in [2.24, 2.45) is 5.41 Å². The lowest BCUT2D eigenvalue weighted by Crippen LogP contribution is -2.16. The van der Waals surface area contributed by atoms with Crippen molar-refractivity contribution >= 4 is 16.1 Å². The minimum absolute atomic E-state index is 0.147. The van der Waals surface area contributed by atoms with Crippen molar-refractivity contribution in [1.29, 1.82) is 5.26 Å². The Labute approximate surface area is 141 Å². The number of rotatable bonds is 4. The molecule has 5 heteroatoms. The lowest BCUT2D eigenvalue weighted by molar-refractivity contribution is -0.110. The Morgan fingerprint density at radius 2 is 1.50 bits per heavy atom. The number of hydrogen-bond acceptors (Lipinski definition) is 4. The van der Waals surface area contributed by atoms with Crippen molar-refractivity contribution in [3.05, 3.63) is 65.2 Å². The molecule has 0 saturated heterocycles. The Morgan fingerprint density at radius 1 is 1.00 bits per heavy atom. The minimum atomic E-state index is -3.78. The first-order valence-corrected chi connectivity index (χ1v) is 9.16. The SMILES string of the molecule is Cc1ccc([C@@H]2[C@@H](S(=O)(=O)c3ccc(C)cc3)[C@@]2(C#N)C=O)cc1. The van der Waals surface area contributed by atoms with Crippen LogP contribution in [0.2, 0.25) is 0 Å². The van der Waals surface area contributed by atoms with Gasteiger partial charge in [-0.15, -0.1) is 0 Å². The summed E-state index contributed by atoms with van der Waals surface area (Å²) in [6.07, 6.45) is 0.494. The smallest absolute Gasteiger partial charge is 0.183 e. The third kappa shape index (κ3) is 2.35. The Kier molecular flexibility index (Phi) is 3.81. The van der Waals surface area contributed by atoms with Crippen LogP contribution in [0.5, 0.6) is 0 Å². The fraction of sp³-hybridized carbons (Fsp3) is 0.263. The number of carbonyl (C=O) groups excluding carboxylic acids is 1. The van der Waals surface area contributed by atoms with Crippen LogP contribution in [0, 0.1) is 30.6 Å². The Bertz CT molecular complexity index is 924. The predicted molar refractivity (Wildman–Crippen MR) is 90.2 cm³/mol. The molecule has 4 nitrogen and oxygen atoms in total. The average molecular weight is 339 g/mol. The zero-order valence-corrected chi connectivity index (χ0v) is 14.2. The van der Waals surface area contributed by atoms with Crippen LogP contribution in [0.25, 0.3) is 0 Å². The Morgan fingerprint density at radius 3 is 1.96 bits per heavy atom. The molecule has 0 spiro atoms. The molecule has 0 N–H and O–H groups in total. The van der Waals surface area contributed by atoms with E-state index in [1.54, 1.807) is 24.3 Å². The van der Waals surface area contributed by atoms with Crippen LogP contribution in [0.15, 0.2) is 53.4 Å². The highest BCUT2D eigenvalue weighted by Crippen LogP contribution is 2.62. The molecule has 2 aromatic carbocycles. The largest absolute Gasteiger partial charge is 0.302 e. The normalized spacial score (nSPS) is 25.7. The summed E-state index contributed by atoms with van der Waals surface area (Å²) in [5.41, 5.74) is 1.17. The van der Waals surface area contributed by atoms with Gasteiger partial charge in [-0.3, -0.25) is 0 Å². The van der Waals surface area contributed by atoms with Crippen LogP contribution in [-0.2, 0) is 14.6 Å². The molecular formula is C19H17NO3S. The van der Waals surface area contributed by atoms with E-state index >= 15 is 0 Å². The van der Waals surface area contributed by atoms with Gasteiger partial charge in [0.1, 0.15) is 17.0 Å². The van der Waals surface area contributed by atoms with Gasteiger partial charge in [-0.25, -0.2) is 8.42 Å². The molecule has 1 saturated carbocycles. The maximum absolute atomic E-state index is 13.0. The lowest BCUT2D eigenvalue weighted by Gasteiger charge is -2.05. The van der Waals surface area contributed by atoms with E-state index in [-0.39, 0.29) is 4.90 Å². The summed E-state index contributed by atoms with van der Waals surface area (Å²) in [5, 5.41) is 8.48. The van der Waals surface area contributed by atoms with Gasteiger partial charge in [-0.1, -0.05) is 47.5 Å². The second-order valence-electron chi connectivity index (χ2n) is 6.33. The number of nitrogens with zero attached hydrogens (tertiary/aromatic N) is 1. The van der Waals surface area contributed by atoms with Crippen LogP contribution in [-0.4, -0.2) is 20.0 Å². The van der Waals surface area contributed by atoms with Crippen molar-refractivity contribution in [3.8, 4) is 6.07 Å². The molecule has 3 atom stereocenters. The molecule has 0 unspecified atom stereocenters. The van der Waals surface area contributed by atoms with E-state index in [4.69, 9.17) is 0 Å². The zero-order chi connectivity index (χ0) is 17.5. The number of sulfone groups is 1. The molecule has 1 aliphatic carbocycles. The molecule has 0 radical (unpaired) electrons. The lowest BCUT2D eigenvalue weighted by atomic mass is 10.0. The standard InChI is InChI=1S/C19H17NO3S/c1-13-3-7-15(8-4-13)17-18(19(17,11-20)12-21)24(22,23)16-9-5-14(2)6-10-16/h3-10,12,17-18H,1-2H3/t17-,18-,19+/m1/s1. The molecule has 24 heavy (non-hydrogen) atoms. The van der Waals surface area contributed by atoms with Gasteiger partial charge in [0, 0.05) is 5.92 Å². The minimum Gasteiger partial charge on any atom is -0.302 e. The highest BCUT2D eigenvalue weighted by molar-refractivity contribution is 7.92. The topological polar surface area (TPSA) is 75.0 Å². The van der Waals surface area contributed by atoms with E-state index in [2.05, 4.69) is 0 Å². The number of hydrogen-bond donors (Lipinski definition) is 0. The van der Waals surface area contributed by atoms with Gasteiger partial charge in [0.15, 0.2) is 9.84 Å². The highest BCUT2D eigenvalue weighted by Gasteiger charge is 2.72. The summed E-state index contributed by atoms with van der Waals surface area (Å²) in [4.78, 5) is 11.8. The van der Waals surface area contributed by atoms with Crippen LogP contribution in [0.3, 0.4) is 0 Å². The van der Waals surface area contributed by atoms with Gasteiger partial charge < -0.3 is 4.79 Å². The Balaban J connectivity index is 2.08. The summed E-state index contributed by atoms with van der Waals surface area (Å²) in [6, 6.07) is 15.7. The summed E-state index contributed by atoms with van der Waals surface area (Å²) < 4.78 is 26.0. The number of aldehydes is 1. The fourth-order valence-electron chi connectivity index (χ4n) is 3.21. The van der Waals surface area contributed by atoms with Gasteiger partial charge >= 0.3 is 0 Å². The van der Waals surface area contributed by atoms with Gasteiger partial charge in [0.2, 0.25) is 0 Å². The van der Waals surface area contributed by atoms with Crippen molar-refractivity contribution in [2.45, 2.75) is 29.9 Å². The number of nitriles is 1. The molecule has 1 aliphatic rings. The highest BCUT2D eigenvalue weighted by atomic mass is 32.2.